The Labute approximate surface area is 146 Å². The van der Waals surface area contributed by atoms with Gasteiger partial charge in [0.2, 0.25) is 25.8 Å². The highest BCUT2D eigenvalue weighted by Gasteiger charge is 2.39. The maximum atomic E-state index is 13.0. The summed E-state index contributed by atoms with van der Waals surface area (Å²) in [5, 5.41) is 6.77. The average molecular weight is 385 g/mol. The molecule has 1 fully saturated rings. The van der Waals surface area contributed by atoms with Gasteiger partial charge in [-0.3, -0.25) is 0 Å². The van der Waals surface area contributed by atoms with Gasteiger partial charge in [-0.1, -0.05) is 11.2 Å². The van der Waals surface area contributed by atoms with Gasteiger partial charge in [-0.05, 0) is 49.9 Å². The fourth-order valence-electron chi connectivity index (χ4n) is 2.79. The number of sulfone groups is 1. The number of aryl methyl sites for hydroxylation is 2. The molecule has 0 unspecified atom stereocenters. The molecular formula is C15H19N3O5S2. The van der Waals surface area contributed by atoms with E-state index >= 15 is 0 Å². The maximum Gasteiger partial charge on any atom is 0.335 e. The summed E-state index contributed by atoms with van der Waals surface area (Å²) in [5.41, 5.74) is 1.89. The van der Waals surface area contributed by atoms with Crippen molar-refractivity contribution >= 4 is 19.9 Å². The van der Waals surface area contributed by atoms with Crippen LogP contribution in [0.5, 0.6) is 0 Å². The van der Waals surface area contributed by atoms with E-state index < -0.39 is 31.1 Å². The molecule has 1 atom stereocenters. The van der Waals surface area contributed by atoms with Gasteiger partial charge in [-0.25, -0.2) is 16.8 Å². The Morgan fingerprint density at radius 2 is 1.84 bits per heavy atom. The largest absolute Gasteiger partial charge is 0.411 e. The van der Waals surface area contributed by atoms with E-state index in [1.165, 1.54) is 4.31 Å². The summed E-state index contributed by atoms with van der Waals surface area (Å²) in [5.74, 6) is 0.00494. The summed E-state index contributed by atoms with van der Waals surface area (Å²) in [6.07, 6.45) is 2.09. The van der Waals surface area contributed by atoms with E-state index in [-0.39, 0.29) is 10.8 Å². The highest BCUT2D eigenvalue weighted by molar-refractivity contribution is 7.90. The highest BCUT2D eigenvalue weighted by Crippen LogP contribution is 2.36. The van der Waals surface area contributed by atoms with E-state index in [4.69, 9.17) is 4.42 Å². The first kappa shape index (κ1) is 18.0. The van der Waals surface area contributed by atoms with Gasteiger partial charge < -0.3 is 4.42 Å². The molecule has 10 heteroatoms. The third-order valence-electron chi connectivity index (χ3n) is 4.31. The van der Waals surface area contributed by atoms with Crippen LogP contribution in [0.1, 0.15) is 35.9 Å². The molecule has 0 spiro atoms. The molecule has 1 saturated heterocycles. The Hall–Kier alpha value is -1.78. The Balaban J connectivity index is 1.98. The number of aromatic nitrogens is 2. The van der Waals surface area contributed by atoms with E-state index in [9.17, 15) is 16.8 Å². The van der Waals surface area contributed by atoms with Crippen molar-refractivity contribution < 1.29 is 21.3 Å². The van der Waals surface area contributed by atoms with Gasteiger partial charge in [0.25, 0.3) is 0 Å². The molecule has 2 aromatic rings. The van der Waals surface area contributed by atoms with E-state index in [1.54, 1.807) is 18.2 Å². The molecular weight excluding hydrogens is 366 g/mol. The van der Waals surface area contributed by atoms with Gasteiger partial charge in [-0.2, -0.15) is 4.31 Å². The second kappa shape index (κ2) is 6.19. The zero-order chi connectivity index (χ0) is 18.4. The first-order valence-corrected chi connectivity index (χ1v) is 11.1. The fourth-order valence-corrected chi connectivity index (χ4v) is 4.95. The minimum absolute atomic E-state index is 0.00494. The SMILES string of the molecule is Cc1ccc(S(=O)(=O)N2CCC[C@H]2c2nnc(S(C)(=O)=O)o2)cc1C. The van der Waals surface area contributed by atoms with Gasteiger partial charge in [0.05, 0.1) is 4.90 Å². The number of sulfonamides is 1. The number of hydrogen-bond donors (Lipinski definition) is 0. The predicted octanol–water partition coefficient (Wildman–Crippen LogP) is 1.62. The lowest BCUT2D eigenvalue weighted by Gasteiger charge is -2.21. The summed E-state index contributed by atoms with van der Waals surface area (Å²) < 4.78 is 55.5. The molecule has 25 heavy (non-hydrogen) atoms. The monoisotopic (exact) mass is 385 g/mol. The lowest BCUT2D eigenvalue weighted by atomic mass is 10.1. The summed E-state index contributed by atoms with van der Waals surface area (Å²) >= 11 is 0. The molecule has 0 radical (unpaired) electrons. The van der Waals surface area contributed by atoms with Crippen LogP contribution in [0.25, 0.3) is 0 Å². The third kappa shape index (κ3) is 3.33. The normalized spacial score (nSPS) is 19.4. The van der Waals surface area contributed by atoms with Crippen molar-refractivity contribution in [2.45, 2.75) is 42.8 Å². The van der Waals surface area contributed by atoms with Crippen LogP contribution < -0.4 is 0 Å². The third-order valence-corrected chi connectivity index (χ3v) is 7.02. The topological polar surface area (TPSA) is 110 Å². The van der Waals surface area contributed by atoms with Crippen molar-refractivity contribution in [1.29, 1.82) is 0 Å². The quantitative estimate of drug-likeness (QED) is 0.786. The molecule has 8 nitrogen and oxygen atoms in total. The molecule has 136 valence electrons. The van der Waals surface area contributed by atoms with E-state index in [0.29, 0.717) is 19.4 Å². The Morgan fingerprint density at radius 1 is 1.12 bits per heavy atom. The van der Waals surface area contributed by atoms with E-state index in [0.717, 1.165) is 17.4 Å². The van der Waals surface area contributed by atoms with Gasteiger partial charge in [0, 0.05) is 12.8 Å². The predicted molar refractivity (Wildman–Crippen MR) is 89.2 cm³/mol. The van der Waals surface area contributed by atoms with Crippen molar-refractivity contribution in [3.8, 4) is 0 Å². The van der Waals surface area contributed by atoms with E-state index in [2.05, 4.69) is 10.2 Å². The van der Waals surface area contributed by atoms with E-state index in [1.807, 2.05) is 13.8 Å². The first-order chi connectivity index (χ1) is 11.6. The molecule has 0 aliphatic carbocycles. The smallest absolute Gasteiger partial charge is 0.335 e. The Bertz CT molecular complexity index is 1010. The molecule has 0 bridgehead atoms. The zero-order valence-electron chi connectivity index (χ0n) is 14.1. The maximum absolute atomic E-state index is 13.0. The van der Waals surface area contributed by atoms with Crippen LogP contribution in [0, 0.1) is 13.8 Å². The fraction of sp³-hybridized carbons (Fsp3) is 0.467. The molecule has 0 amide bonds. The molecule has 1 aliphatic heterocycles. The van der Waals surface area contributed by atoms with Gasteiger partial charge in [0.1, 0.15) is 6.04 Å². The van der Waals surface area contributed by atoms with Crippen LogP contribution >= 0.6 is 0 Å². The van der Waals surface area contributed by atoms with Crippen molar-refractivity contribution in [3.05, 3.63) is 35.2 Å². The number of benzene rings is 1. The molecule has 1 aromatic carbocycles. The molecule has 3 rings (SSSR count). The molecule has 0 saturated carbocycles. The standard InChI is InChI=1S/C15H19N3O5S2/c1-10-6-7-12(9-11(10)2)25(21,22)18-8-4-5-13(18)14-16-17-15(23-14)24(3,19)20/h6-7,9,13H,4-5,8H2,1-3H3/t13-/m0/s1. The summed E-state index contributed by atoms with van der Waals surface area (Å²) in [6.45, 7) is 4.08. The van der Waals surface area contributed by atoms with Gasteiger partial charge in [-0.15, -0.1) is 5.10 Å². The molecule has 2 heterocycles. The van der Waals surface area contributed by atoms with Gasteiger partial charge in [0.15, 0.2) is 0 Å². The molecule has 1 aromatic heterocycles. The van der Waals surface area contributed by atoms with Crippen LogP contribution in [0.15, 0.2) is 32.7 Å². The highest BCUT2D eigenvalue weighted by atomic mass is 32.2. The van der Waals surface area contributed by atoms with Crippen molar-refractivity contribution in [1.82, 2.24) is 14.5 Å². The van der Waals surface area contributed by atoms with Crippen molar-refractivity contribution in [2.24, 2.45) is 0 Å². The molecule has 0 N–H and O–H groups in total. The first-order valence-electron chi connectivity index (χ1n) is 7.73. The summed E-state index contributed by atoms with van der Waals surface area (Å²) in [6, 6.07) is 4.31. The van der Waals surface area contributed by atoms with Crippen LogP contribution in [0.3, 0.4) is 0 Å². The summed E-state index contributed by atoms with van der Waals surface area (Å²) in [4.78, 5) is 0.199. The van der Waals surface area contributed by atoms with Crippen LogP contribution in [-0.4, -0.2) is 44.1 Å². The number of nitrogens with zero attached hydrogens (tertiary/aromatic N) is 3. The Kier molecular flexibility index (Phi) is 4.46. The number of rotatable bonds is 4. The number of hydrogen-bond acceptors (Lipinski definition) is 7. The van der Waals surface area contributed by atoms with Crippen molar-refractivity contribution in [2.75, 3.05) is 12.8 Å². The average Bonchev–Trinajstić information content (AvgIpc) is 3.17. The minimum Gasteiger partial charge on any atom is -0.411 e. The van der Waals surface area contributed by atoms with Crippen molar-refractivity contribution in [3.63, 3.8) is 0 Å². The van der Waals surface area contributed by atoms with Crippen LogP contribution in [0.2, 0.25) is 0 Å². The summed E-state index contributed by atoms with van der Waals surface area (Å²) in [7, 11) is -7.38. The lowest BCUT2D eigenvalue weighted by molar-refractivity contribution is 0.303. The van der Waals surface area contributed by atoms with Crippen LogP contribution in [-0.2, 0) is 19.9 Å². The second-order valence-corrected chi connectivity index (χ2v) is 9.98. The van der Waals surface area contributed by atoms with Crippen LogP contribution in [0.4, 0.5) is 0 Å². The lowest BCUT2D eigenvalue weighted by Crippen LogP contribution is -2.31. The van der Waals surface area contributed by atoms with Gasteiger partial charge >= 0.3 is 5.22 Å². The second-order valence-electron chi connectivity index (χ2n) is 6.20. The zero-order valence-corrected chi connectivity index (χ0v) is 15.8. The molecule has 1 aliphatic rings. The minimum atomic E-state index is -3.75. The Morgan fingerprint density at radius 3 is 2.44 bits per heavy atom.